The quantitative estimate of drug-likeness (QED) is 0.304. The van der Waals surface area contributed by atoms with Crippen LogP contribution < -0.4 is 15.2 Å². The van der Waals surface area contributed by atoms with Crippen molar-refractivity contribution in [2.24, 2.45) is 17.1 Å². The molecule has 1 aromatic rings. The molecular formula is C30H46N4O7. The monoisotopic (exact) mass is 574 g/mol. The number of hydrogen-bond donors (Lipinski definition) is 3. The zero-order valence-corrected chi connectivity index (χ0v) is 24.6. The Morgan fingerprint density at radius 3 is 2.59 bits per heavy atom. The normalized spacial score (nSPS) is 23.4. The molecule has 4 N–H and O–H groups in total. The number of carbonyl (C=O) groups is 3. The van der Waals surface area contributed by atoms with E-state index in [0.717, 1.165) is 18.4 Å². The summed E-state index contributed by atoms with van der Waals surface area (Å²) in [5.41, 5.74) is 6.89. The topological polar surface area (TPSA) is 146 Å². The van der Waals surface area contributed by atoms with Gasteiger partial charge in [-0.05, 0) is 48.9 Å². The highest BCUT2D eigenvalue weighted by Gasteiger charge is 2.48. The maximum Gasteiger partial charge on any atom is 0.308 e. The number of fused-ring (bicyclic) bond motifs is 1. The van der Waals surface area contributed by atoms with Crippen LogP contribution in [0.25, 0.3) is 0 Å². The first-order chi connectivity index (χ1) is 19.6. The second-order valence-electron chi connectivity index (χ2n) is 12.4. The van der Waals surface area contributed by atoms with E-state index < -0.39 is 23.8 Å². The maximum absolute atomic E-state index is 13.6. The van der Waals surface area contributed by atoms with Crippen LogP contribution >= 0.6 is 0 Å². The van der Waals surface area contributed by atoms with Gasteiger partial charge in [-0.25, -0.2) is 0 Å². The maximum atomic E-state index is 13.6. The summed E-state index contributed by atoms with van der Waals surface area (Å²) in [5.74, 6) is -1.20. The molecule has 228 valence electrons. The van der Waals surface area contributed by atoms with Gasteiger partial charge in [-0.15, -0.1) is 0 Å². The standard InChI is InChI=1S/C30H46N4O7/c1-4-5-9-32(10-6-8-31)26(37)16-34-15-22(20-12-21(17-35)28-24(13-20)40-19-41-28)27(29(38)39)23(34)7-11-33-18-30(2,3)14-25(33)36/h12-13,22-23,27,35H,4-11,14-19,31H2,1-3H3,(H,38,39)/t22-,23+,27-/m1/s1. The Kier molecular flexibility index (Phi) is 10.1. The van der Waals surface area contributed by atoms with E-state index in [9.17, 15) is 24.6 Å². The number of aliphatic carboxylic acids is 1. The molecule has 0 radical (unpaired) electrons. The molecule has 1 aromatic carbocycles. The lowest BCUT2D eigenvalue weighted by Crippen LogP contribution is -2.46. The van der Waals surface area contributed by atoms with Crippen molar-refractivity contribution in [3.63, 3.8) is 0 Å². The van der Waals surface area contributed by atoms with Gasteiger partial charge in [-0.2, -0.15) is 0 Å². The number of carboxylic acid groups (broad SMARTS) is 1. The van der Waals surface area contributed by atoms with Crippen molar-refractivity contribution < 1.29 is 34.1 Å². The van der Waals surface area contributed by atoms with Crippen molar-refractivity contribution in [1.29, 1.82) is 0 Å². The van der Waals surface area contributed by atoms with Gasteiger partial charge in [0.25, 0.3) is 0 Å². The molecule has 0 unspecified atom stereocenters. The average Bonchev–Trinajstić information content (AvgIpc) is 3.61. The number of rotatable bonds is 14. The Morgan fingerprint density at radius 2 is 1.95 bits per heavy atom. The van der Waals surface area contributed by atoms with Gasteiger partial charge in [-0.1, -0.05) is 27.2 Å². The lowest BCUT2D eigenvalue weighted by Gasteiger charge is -2.31. The molecule has 41 heavy (non-hydrogen) atoms. The van der Waals surface area contributed by atoms with Gasteiger partial charge in [0.05, 0.1) is 19.1 Å². The highest BCUT2D eigenvalue weighted by Crippen LogP contribution is 2.44. The van der Waals surface area contributed by atoms with Crippen LogP contribution in [-0.4, -0.2) is 101 Å². The predicted molar refractivity (Wildman–Crippen MR) is 152 cm³/mol. The number of nitrogens with two attached hydrogens (primary N) is 1. The van der Waals surface area contributed by atoms with Crippen molar-refractivity contribution in [3.8, 4) is 11.5 Å². The molecule has 0 aliphatic carbocycles. The molecule has 3 aliphatic rings. The number of amides is 2. The Balaban J connectivity index is 1.62. The van der Waals surface area contributed by atoms with Gasteiger partial charge in [0.15, 0.2) is 11.5 Å². The molecule has 2 saturated heterocycles. The van der Waals surface area contributed by atoms with Crippen LogP contribution in [0.3, 0.4) is 0 Å². The summed E-state index contributed by atoms with van der Waals surface area (Å²) < 4.78 is 11.1. The molecule has 0 aromatic heterocycles. The third-order valence-electron chi connectivity index (χ3n) is 8.60. The summed E-state index contributed by atoms with van der Waals surface area (Å²) >= 11 is 0. The third-order valence-corrected chi connectivity index (χ3v) is 8.60. The van der Waals surface area contributed by atoms with Crippen molar-refractivity contribution in [3.05, 3.63) is 23.3 Å². The van der Waals surface area contributed by atoms with Crippen molar-refractivity contribution >= 4 is 17.8 Å². The predicted octanol–water partition coefficient (Wildman–Crippen LogP) is 2.00. The van der Waals surface area contributed by atoms with Crippen LogP contribution in [0.5, 0.6) is 11.5 Å². The number of hydrogen-bond acceptors (Lipinski definition) is 8. The number of carboxylic acids is 1. The van der Waals surface area contributed by atoms with Crippen molar-refractivity contribution in [2.45, 2.75) is 71.4 Å². The number of likely N-dealkylation sites (tertiary alicyclic amines) is 2. The Bertz CT molecular complexity index is 1100. The van der Waals surface area contributed by atoms with E-state index in [0.29, 0.717) is 75.6 Å². The number of ether oxygens (including phenoxy) is 2. The largest absolute Gasteiger partial charge is 0.481 e. The summed E-state index contributed by atoms with van der Waals surface area (Å²) in [6.45, 7) is 9.19. The summed E-state index contributed by atoms with van der Waals surface area (Å²) in [7, 11) is 0. The number of benzene rings is 1. The molecule has 11 heteroatoms. The second kappa shape index (κ2) is 13.4. The summed E-state index contributed by atoms with van der Waals surface area (Å²) in [6.07, 6.45) is 3.46. The fourth-order valence-electron chi connectivity index (χ4n) is 6.57. The Hall–Kier alpha value is -2.89. The molecule has 2 fully saturated rings. The average molecular weight is 575 g/mol. The molecule has 3 aliphatic heterocycles. The van der Waals surface area contributed by atoms with Crippen LogP contribution in [0.4, 0.5) is 0 Å². The molecule has 0 spiro atoms. The molecule has 11 nitrogen and oxygen atoms in total. The first-order valence-electron chi connectivity index (χ1n) is 14.8. The first-order valence-corrected chi connectivity index (χ1v) is 14.8. The SMILES string of the molecule is CCCCN(CCCN)C(=O)CN1C[C@H](c2cc(CO)c3c(c2)OCO3)[C@@H](C(=O)O)[C@@H]1CCN1CC(C)(C)CC1=O. The van der Waals surface area contributed by atoms with E-state index >= 15 is 0 Å². The minimum atomic E-state index is -0.947. The van der Waals surface area contributed by atoms with E-state index in [1.807, 2.05) is 14.7 Å². The van der Waals surface area contributed by atoms with E-state index in [2.05, 4.69) is 20.8 Å². The van der Waals surface area contributed by atoms with Gasteiger partial charge in [0, 0.05) is 56.7 Å². The van der Waals surface area contributed by atoms with E-state index in [1.165, 1.54) is 0 Å². The van der Waals surface area contributed by atoms with Gasteiger partial charge in [0.1, 0.15) is 0 Å². The van der Waals surface area contributed by atoms with E-state index in [1.54, 1.807) is 12.1 Å². The van der Waals surface area contributed by atoms with Gasteiger partial charge in [-0.3, -0.25) is 19.3 Å². The molecule has 4 rings (SSSR count). The fourth-order valence-corrected chi connectivity index (χ4v) is 6.57. The molecule has 0 saturated carbocycles. The van der Waals surface area contributed by atoms with Crippen LogP contribution in [0, 0.1) is 11.3 Å². The van der Waals surface area contributed by atoms with Crippen molar-refractivity contribution in [1.82, 2.24) is 14.7 Å². The van der Waals surface area contributed by atoms with Gasteiger partial charge < -0.3 is 35.2 Å². The number of aliphatic hydroxyl groups excluding tert-OH is 1. The smallest absolute Gasteiger partial charge is 0.308 e. The van der Waals surface area contributed by atoms with Crippen LogP contribution in [0.2, 0.25) is 0 Å². The van der Waals surface area contributed by atoms with E-state index in [-0.39, 0.29) is 37.2 Å². The Morgan fingerprint density at radius 1 is 1.20 bits per heavy atom. The zero-order chi connectivity index (χ0) is 29.7. The fraction of sp³-hybridized carbons (Fsp3) is 0.700. The highest BCUT2D eigenvalue weighted by molar-refractivity contribution is 5.80. The summed E-state index contributed by atoms with van der Waals surface area (Å²) in [4.78, 5) is 44.8. The molecule has 2 amide bonds. The molecule has 3 atom stereocenters. The minimum Gasteiger partial charge on any atom is -0.481 e. The number of unbranched alkanes of at least 4 members (excludes halogenated alkanes) is 1. The minimum absolute atomic E-state index is 0.0400. The van der Waals surface area contributed by atoms with Gasteiger partial charge in [0.2, 0.25) is 18.6 Å². The van der Waals surface area contributed by atoms with Gasteiger partial charge >= 0.3 is 5.97 Å². The van der Waals surface area contributed by atoms with Crippen LogP contribution in [-0.2, 0) is 21.0 Å². The second-order valence-corrected chi connectivity index (χ2v) is 12.4. The molecular weight excluding hydrogens is 528 g/mol. The molecule has 3 heterocycles. The third kappa shape index (κ3) is 7.13. The number of aliphatic hydroxyl groups is 1. The summed E-state index contributed by atoms with van der Waals surface area (Å²) in [5, 5.41) is 20.5. The summed E-state index contributed by atoms with van der Waals surface area (Å²) in [6, 6.07) is 3.13. The lowest BCUT2D eigenvalue weighted by molar-refractivity contribution is -0.144. The van der Waals surface area contributed by atoms with Crippen LogP contribution in [0.15, 0.2) is 12.1 Å². The molecule has 0 bridgehead atoms. The Labute approximate surface area is 242 Å². The number of nitrogens with zero attached hydrogens (tertiary/aromatic N) is 3. The van der Waals surface area contributed by atoms with Crippen molar-refractivity contribution in [2.75, 3.05) is 52.6 Å². The lowest BCUT2D eigenvalue weighted by atomic mass is 9.83. The van der Waals surface area contributed by atoms with E-state index in [4.69, 9.17) is 15.2 Å². The number of carbonyl (C=O) groups excluding carboxylic acids is 2. The highest BCUT2D eigenvalue weighted by atomic mass is 16.7. The zero-order valence-electron chi connectivity index (χ0n) is 24.6. The van der Waals surface area contributed by atoms with Crippen LogP contribution in [0.1, 0.15) is 69.9 Å². The first kappa shape index (κ1) is 31.1.